The first-order chi connectivity index (χ1) is 9.11. The third kappa shape index (κ3) is 2.80. The molecule has 0 aliphatic heterocycles. The molecule has 3 heteroatoms. The summed E-state index contributed by atoms with van der Waals surface area (Å²) in [4.78, 5) is 4.01. The van der Waals surface area contributed by atoms with Crippen LogP contribution >= 0.6 is 11.6 Å². The van der Waals surface area contributed by atoms with Gasteiger partial charge in [-0.3, -0.25) is 4.98 Å². The van der Waals surface area contributed by atoms with Crippen LogP contribution in [0.25, 0.3) is 0 Å². The van der Waals surface area contributed by atoms with Crippen molar-refractivity contribution in [3.63, 3.8) is 0 Å². The van der Waals surface area contributed by atoms with E-state index in [1.165, 1.54) is 38.5 Å². The number of pyridine rings is 1. The van der Waals surface area contributed by atoms with Crippen LogP contribution in [0.3, 0.4) is 0 Å². The maximum atomic E-state index is 10.8. The van der Waals surface area contributed by atoms with Gasteiger partial charge in [-0.25, -0.2) is 0 Å². The van der Waals surface area contributed by atoms with E-state index in [0.717, 1.165) is 18.4 Å². The van der Waals surface area contributed by atoms with Gasteiger partial charge in [-0.1, -0.05) is 24.4 Å². The lowest BCUT2D eigenvalue weighted by atomic mass is 9.66. The number of aromatic nitrogens is 1. The molecule has 104 valence electrons. The van der Waals surface area contributed by atoms with Crippen molar-refractivity contribution < 1.29 is 5.11 Å². The quantitative estimate of drug-likeness (QED) is 0.882. The standard InChI is InChI=1S/C16H22ClNO/c17-14-12-18-10-3-13(14)11-16(19)8-6-15(7-9-16)4-1-2-5-15/h3,10,12,19H,1-2,4-9,11H2. The van der Waals surface area contributed by atoms with Gasteiger partial charge in [0.15, 0.2) is 0 Å². The summed E-state index contributed by atoms with van der Waals surface area (Å²) >= 11 is 6.15. The minimum Gasteiger partial charge on any atom is -0.390 e. The normalized spacial score (nSPS) is 24.7. The number of aliphatic hydroxyl groups is 1. The molecule has 2 fully saturated rings. The number of hydrogen-bond donors (Lipinski definition) is 1. The minimum atomic E-state index is -0.557. The van der Waals surface area contributed by atoms with Crippen LogP contribution in [0.15, 0.2) is 18.5 Å². The molecule has 2 aliphatic rings. The molecule has 0 radical (unpaired) electrons. The predicted molar refractivity (Wildman–Crippen MR) is 77.3 cm³/mol. The van der Waals surface area contributed by atoms with Gasteiger partial charge < -0.3 is 5.11 Å². The van der Waals surface area contributed by atoms with Gasteiger partial charge in [0.2, 0.25) is 0 Å². The Labute approximate surface area is 120 Å². The second kappa shape index (κ2) is 5.06. The van der Waals surface area contributed by atoms with Crippen LogP contribution in [0.2, 0.25) is 5.02 Å². The van der Waals surface area contributed by atoms with Gasteiger partial charge in [-0.2, -0.15) is 0 Å². The average Bonchev–Trinajstić information content (AvgIpc) is 2.86. The molecule has 2 aliphatic carbocycles. The summed E-state index contributed by atoms with van der Waals surface area (Å²) < 4.78 is 0. The predicted octanol–water partition coefficient (Wildman–Crippen LogP) is 4.14. The summed E-state index contributed by atoms with van der Waals surface area (Å²) in [5.74, 6) is 0. The SMILES string of the molecule is OC1(Cc2ccncc2Cl)CCC2(CCCC2)CC1. The molecule has 1 heterocycles. The first-order valence-electron chi connectivity index (χ1n) is 7.42. The molecule has 0 aromatic carbocycles. The fourth-order valence-electron chi connectivity index (χ4n) is 3.95. The Morgan fingerprint density at radius 3 is 2.42 bits per heavy atom. The van der Waals surface area contributed by atoms with E-state index in [9.17, 15) is 5.11 Å². The maximum absolute atomic E-state index is 10.8. The van der Waals surface area contributed by atoms with E-state index in [2.05, 4.69) is 4.98 Å². The van der Waals surface area contributed by atoms with Crippen LogP contribution in [0.5, 0.6) is 0 Å². The summed E-state index contributed by atoms with van der Waals surface area (Å²) in [5.41, 5.74) is 1.04. The molecular formula is C16H22ClNO. The lowest BCUT2D eigenvalue weighted by Gasteiger charge is -2.42. The fourth-order valence-corrected chi connectivity index (χ4v) is 4.14. The summed E-state index contributed by atoms with van der Waals surface area (Å²) in [6.07, 6.45) is 13.8. The van der Waals surface area contributed by atoms with E-state index in [4.69, 9.17) is 11.6 Å². The van der Waals surface area contributed by atoms with Crippen LogP contribution in [-0.4, -0.2) is 15.7 Å². The van der Waals surface area contributed by atoms with E-state index in [-0.39, 0.29) is 0 Å². The molecule has 0 bridgehead atoms. The van der Waals surface area contributed by atoms with Gasteiger partial charge in [0, 0.05) is 18.8 Å². The monoisotopic (exact) mass is 279 g/mol. The molecule has 0 saturated heterocycles. The zero-order valence-corrected chi connectivity index (χ0v) is 12.1. The molecule has 1 N–H and O–H groups in total. The molecule has 1 spiro atoms. The highest BCUT2D eigenvalue weighted by Crippen LogP contribution is 2.51. The second-order valence-electron chi connectivity index (χ2n) is 6.58. The van der Waals surface area contributed by atoms with Gasteiger partial charge in [0.1, 0.15) is 0 Å². The molecule has 0 atom stereocenters. The van der Waals surface area contributed by atoms with Gasteiger partial charge in [-0.15, -0.1) is 0 Å². The Bertz CT molecular complexity index is 444. The second-order valence-corrected chi connectivity index (χ2v) is 6.98. The zero-order valence-electron chi connectivity index (χ0n) is 11.4. The van der Waals surface area contributed by atoms with Crippen LogP contribution in [0.1, 0.15) is 56.9 Å². The van der Waals surface area contributed by atoms with Gasteiger partial charge in [0.05, 0.1) is 10.6 Å². The van der Waals surface area contributed by atoms with E-state index >= 15 is 0 Å². The molecule has 1 aromatic heterocycles. The van der Waals surface area contributed by atoms with E-state index in [0.29, 0.717) is 16.9 Å². The van der Waals surface area contributed by atoms with E-state index < -0.39 is 5.60 Å². The highest BCUT2D eigenvalue weighted by Gasteiger charge is 2.43. The smallest absolute Gasteiger partial charge is 0.0689 e. The maximum Gasteiger partial charge on any atom is 0.0689 e. The van der Waals surface area contributed by atoms with Crippen molar-refractivity contribution in [3.05, 3.63) is 29.0 Å². The Hall–Kier alpha value is -0.600. The van der Waals surface area contributed by atoms with Crippen LogP contribution < -0.4 is 0 Å². The number of rotatable bonds is 2. The van der Waals surface area contributed by atoms with Crippen molar-refractivity contribution in [2.24, 2.45) is 5.41 Å². The summed E-state index contributed by atoms with van der Waals surface area (Å²) in [7, 11) is 0. The van der Waals surface area contributed by atoms with Crippen LogP contribution in [0.4, 0.5) is 0 Å². The fraction of sp³-hybridized carbons (Fsp3) is 0.688. The molecule has 19 heavy (non-hydrogen) atoms. The Morgan fingerprint density at radius 2 is 1.79 bits per heavy atom. The summed E-state index contributed by atoms with van der Waals surface area (Å²) in [6, 6.07) is 1.93. The lowest BCUT2D eigenvalue weighted by molar-refractivity contribution is -0.0322. The number of hydrogen-bond acceptors (Lipinski definition) is 2. The van der Waals surface area contributed by atoms with E-state index in [1.54, 1.807) is 12.4 Å². The van der Waals surface area contributed by atoms with Crippen molar-refractivity contribution in [1.29, 1.82) is 0 Å². The minimum absolute atomic E-state index is 0.557. The Morgan fingerprint density at radius 1 is 1.11 bits per heavy atom. The highest BCUT2D eigenvalue weighted by atomic mass is 35.5. The average molecular weight is 280 g/mol. The molecule has 0 unspecified atom stereocenters. The third-order valence-corrected chi connectivity index (χ3v) is 5.62. The third-order valence-electron chi connectivity index (χ3n) is 5.28. The van der Waals surface area contributed by atoms with Crippen molar-refractivity contribution in [2.75, 3.05) is 0 Å². The first-order valence-corrected chi connectivity index (χ1v) is 7.80. The largest absolute Gasteiger partial charge is 0.390 e. The van der Waals surface area contributed by atoms with Crippen LogP contribution in [0, 0.1) is 5.41 Å². The summed E-state index contributed by atoms with van der Waals surface area (Å²) in [5, 5.41) is 11.5. The summed E-state index contributed by atoms with van der Waals surface area (Å²) in [6.45, 7) is 0. The van der Waals surface area contributed by atoms with Gasteiger partial charge in [0.25, 0.3) is 0 Å². The topological polar surface area (TPSA) is 33.1 Å². The van der Waals surface area contributed by atoms with Crippen LogP contribution in [-0.2, 0) is 6.42 Å². The number of nitrogens with zero attached hydrogens (tertiary/aromatic N) is 1. The van der Waals surface area contributed by atoms with Crippen molar-refractivity contribution in [3.8, 4) is 0 Å². The Balaban J connectivity index is 1.67. The Kier molecular flexibility index (Phi) is 3.57. The van der Waals surface area contributed by atoms with Crippen molar-refractivity contribution >= 4 is 11.6 Å². The molecule has 1 aromatic rings. The molecule has 2 saturated carbocycles. The van der Waals surface area contributed by atoms with Gasteiger partial charge in [-0.05, 0) is 55.6 Å². The van der Waals surface area contributed by atoms with E-state index in [1.807, 2.05) is 6.07 Å². The lowest BCUT2D eigenvalue weighted by Crippen LogP contribution is -2.39. The number of halogens is 1. The zero-order chi connectivity index (χ0) is 13.3. The van der Waals surface area contributed by atoms with Crippen molar-refractivity contribution in [1.82, 2.24) is 4.98 Å². The molecule has 2 nitrogen and oxygen atoms in total. The molecular weight excluding hydrogens is 258 g/mol. The van der Waals surface area contributed by atoms with Gasteiger partial charge >= 0.3 is 0 Å². The highest BCUT2D eigenvalue weighted by molar-refractivity contribution is 6.31. The first kappa shape index (κ1) is 13.4. The molecule has 3 rings (SSSR count). The van der Waals surface area contributed by atoms with Crippen molar-refractivity contribution in [2.45, 2.75) is 63.4 Å². The molecule has 0 amide bonds.